The highest BCUT2D eigenvalue weighted by Crippen LogP contribution is 2.62. The third-order valence-electron chi connectivity index (χ3n) is 9.88. The Morgan fingerprint density at radius 3 is 1.58 bits per heavy atom. The molecule has 8 aromatic rings. The summed E-state index contributed by atoms with van der Waals surface area (Å²) in [5.41, 5.74) is 11.3. The molecule has 1 aliphatic heterocycles. The zero-order valence-corrected chi connectivity index (χ0v) is 26.9. The Kier molecular flexibility index (Phi) is 6.33. The van der Waals surface area contributed by atoms with E-state index in [1.165, 1.54) is 22.3 Å². The first-order valence-electron chi connectivity index (χ1n) is 16.7. The molecule has 5 nitrogen and oxygen atoms in total. The van der Waals surface area contributed by atoms with Crippen molar-refractivity contribution in [3.8, 4) is 68.0 Å². The highest BCUT2D eigenvalue weighted by molar-refractivity contribution is 5.89. The molecule has 0 unspecified atom stereocenters. The molecule has 0 amide bonds. The Bertz CT molecular complexity index is 2520. The molecule has 2 aromatic heterocycles. The smallest absolute Gasteiger partial charge is 0.164 e. The van der Waals surface area contributed by atoms with E-state index in [-0.39, 0.29) is 0 Å². The fourth-order valence-corrected chi connectivity index (χ4v) is 7.67. The zero-order chi connectivity index (χ0) is 33.1. The molecule has 0 saturated carbocycles. The summed E-state index contributed by atoms with van der Waals surface area (Å²) < 4.78 is 6.76. The van der Waals surface area contributed by atoms with Crippen LogP contribution in [0.5, 0.6) is 11.5 Å². The molecular formula is C45H28N4O. The molecule has 1 aliphatic carbocycles. The minimum absolute atomic E-state index is 0.523. The van der Waals surface area contributed by atoms with Crippen molar-refractivity contribution in [3.05, 3.63) is 192 Å². The van der Waals surface area contributed by atoms with Gasteiger partial charge in [0.05, 0.1) is 11.1 Å². The van der Waals surface area contributed by atoms with Crippen molar-refractivity contribution in [2.45, 2.75) is 5.41 Å². The molecule has 6 aromatic carbocycles. The monoisotopic (exact) mass is 640 g/mol. The van der Waals surface area contributed by atoms with Crippen molar-refractivity contribution < 1.29 is 4.74 Å². The molecule has 234 valence electrons. The van der Waals surface area contributed by atoms with Crippen LogP contribution in [0.3, 0.4) is 0 Å². The average molecular weight is 641 g/mol. The molecule has 0 bridgehead atoms. The summed E-state index contributed by atoms with van der Waals surface area (Å²) in [5.74, 6) is 3.42. The van der Waals surface area contributed by atoms with Gasteiger partial charge in [0.15, 0.2) is 17.5 Å². The van der Waals surface area contributed by atoms with Crippen LogP contribution >= 0.6 is 0 Å². The van der Waals surface area contributed by atoms with Crippen molar-refractivity contribution in [2.75, 3.05) is 0 Å². The van der Waals surface area contributed by atoms with E-state index >= 15 is 0 Å². The molecule has 10 rings (SSSR count). The Balaban J connectivity index is 1.15. The third kappa shape index (κ3) is 4.27. The second-order valence-corrected chi connectivity index (χ2v) is 12.6. The molecule has 0 saturated heterocycles. The Hall–Kier alpha value is -6.72. The summed E-state index contributed by atoms with van der Waals surface area (Å²) in [4.78, 5) is 19.6. The number of rotatable bonds is 4. The molecule has 2 aliphatic rings. The van der Waals surface area contributed by atoms with Crippen molar-refractivity contribution in [3.63, 3.8) is 0 Å². The number of fused-ring (bicyclic) bond motifs is 9. The van der Waals surface area contributed by atoms with Crippen molar-refractivity contribution >= 4 is 0 Å². The van der Waals surface area contributed by atoms with Gasteiger partial charge in [0, 0.05) is 39.6 Å². The van der Waals surface area contributed by atoms with E-state index in [9.17, 15) is 0 Å². The molecule has 3 heterocycles. The summed E-state index contributed by atoms with van der Waals surface area (Å²) >= 11 is 0. The van der Waals surface area contributed by atoms with Crippen LogP contribution in [0.15, 0.2) is 170 Å². The molecule has 50 heavy (non-hydrogen) atoms. The van der Waals surface area contributed by atoms with Crippen molar-refractivity contribution in [2.24, 2.45) is 0 Å². The minimum atomic E-state index is -0.523. The van der Waals surface area contributed by atoms with Crippen LogP contribution in [0.25, 0.3) is 56.5 Å². The normalized spacial score (nSPS) is 13.1. The van der Waals surface area contributed by atoms with E-state index in [4.69, 9.17) is 19.7 Å². The van der Waals surface area contributed by atoms with Crippen LogP contribution in [0.1, 0.15) is 22.3 Å². The van der Waals surface area contributed by atoms with Gasteiger partial charge in [-0.3, -0.25) is 4.98 Å². The van der Waals surface area contributed by atoms with E-state index < -0.39 is 5.41 Å². The molecule has 0 atom stereocenters. The van der Waals surface area contributed by atoms with Gasteiger partial charge in [-0.15, -0.1) is 0 Å². The maximum Gasteiger partial charge on any atom is 0.164 e. The van der Waals surface area contributed by atoms with Crippen LogP contribution in [-0.4, -0.2) is 19.9 Å². The van der Waals surface area contributed by atoms with E-state index in [2.05, 4.69) is 102 Å². The predicted octanol–water partition coefficient (Wildman–Crippen LogP) is 10.4. The Morgan fingerprint density at radius 1 is 0.380 bits per heavy atom. The van der Waals surface area contributed by atoms with Crippen molar-refractivity contribution in [1.29, 1.82) is 0 Å². The highest BCUT2D eigenvalue weighted by atomic mass is 16.5. The second kappa shape index (κ2) is 11.2. The van der Waals surface area contributed by atoms with Crippen LogP contribution < -0.4 is 4.74 Å². The summed E-state index contributed by atoms with van der Waals surface area (Å²) in [6.07, 6.45) is 1.81. The van der Waals surface area contributed by atoms with Crippen LogP contribution in [0, 0.1) is 0 Å². The van der Waals surface area contributed by atoms with Crippen LogP contribution in [0.4, 0.5) is 0 Å². The second-order valence-electron chi connectivity index (χ2n) is 12.6. The zero-order valence-electron chi connectivity index (χ0n) is 26.9. The van der Waals surface area contributed by atoms with Gasteiger partial charge in [-0.25, -0.2) is 15.0 Å². The van der Waals surface area contributed by atoms with Gasteiger partial charge in [-0.2, -0.15) is 0 Å². The molecule has 0 radical (unpaired) electrons. The van der Waals surface area contributed by atoms with Crippen LogP contribution in [-0.2, 0) is 5.41 Å². The lowest BCUT2D eigenvalue weighted by Gasteiger charge is -2.39. The highest BCUT2D eigenvalue weighted by Gasteiger charge is 2.50. The minimum Gasteiger partial charge on any atom is -0.457 e. The lowest BCUT2D eigenvalue weighted by molar-refractivity contribution is 0.436. The van der Waals surface area contributed by atoms with E-state index in [0.717, 1.165) is 50.6 Å². The van der Waals surface area contributed by atoms with Gasteiger partial charge in [-0.05, 0) is 46.5 Å². The fraction of sp³-hybridized carbons (Fsp3) is 0.0222. The number of ether oxygens (including phenoxy) is 1. The largest absolute Gasteiger partial charge is 0.457 e. The fourth-order valence-electron chi connectivity index (χ4n) is 7.67. The van der Waals surface area contributed by atoms with Gasteiger partial charge >= 0.3 is 0 Å². The lowest BCUT2D eigenvalue weighted by Crippen LogP contribution is -2.32. The number of nitrogens with zero attached hydrogens (tertiary/aromatic N) is 4. The first kappa shape index (κ1) is 28.3. The topological polar surface area (TPSA) is 60.8 Å². The predicted molar refractivity (Wildman–Crippen MR) is 197 cm³/mol. The van der Waals surface area contributed by atoms with Gasteiger partial charge in [0.2, 0.25) is 0 Å². The number of benzene rings is 6. The van der Waals surface area contributed by atoms with Gasteiger partial charge in [0.1, 0.15) is 11.5 Å². The summed E-state index contributed by atoms with van der Waals surface area (Å²) in [5, 5.41) is 0. The summed E-state index contributed by atoms with van der Waals surface area (Å²) in [7, 11) is 0. The maximum absolute atomic E-state index is 6.76. The number of hydrogen-bond acceptors (Lipinski definition) is 5. The van der Waals surface area contributed by atoms with Gasteiger partial charge in [0.25, 0.3) is 0 Å². The van der Waals surface area contributed by atoms with Gasteiger partial charge < -0.3 is 4.74 Å². The molecule has 0 fully saturated rings. The Labute approximate surface area is 289 Å². The number of para-hydroxylation sites is 1. The SMILES string of the molecule is c1ccc(-c2nc(-c3ccc(-c4ccccn4)cc3)nc(-c3ccc4c(c3)Oc3ccccc3C43c4ccccc4-c4ccccc43)n2)cc1. The number of hydrogen-bond donors (Lipinski definition) is 0. The summed E-state index contributed by atoms with van der Waals surface area (Å²) in [6, 6.07) is 56.5. The first-order chi connectivity index (χ1) is 24.8. The third-order valence-corrected chi connectivity index (χ3v) is 9.88. The molecular weight excluding hydrogens is 613 g/mol. The average Bonchev–Trinajstić information content (AvgIpc) is 3.49. The number of pyridine rings is 1. The van der Waals surface area contributed by atoms with Crippen molar-refractivity contribution in [1.82, 2.24) is 19.9 Å². The standard InChI is InChI=1S/C45H28N4O/c1-2-12-30(13-3-1)42-47-43(31-23-21-29(22-24-31)39-19-10-11-27-46-39)49-44(48-42)32-25-26-38-41(28-32)50-40-20-9-8-18-37(40)45(38)35-16-6-4-14-33(35)34-15-5-7-17-36(34)45/h1-28H. The van der Waals surface area contributed by atoms with E-state index in [1.54, 1.807) is 6.20 Å². The first-order valence-corrected chi connectivity index (χ1v) is 16.7. The maximum atomic E-state index is 6.76. The summed E-state index contributed by atoms with van der Waals surface area (Å²) in [6.45, 7) is 0. The lowest BCUT2D eigenvalue weighted by atomic mass is 9.66. The molecule has 5 heteroatoms. The van der Waals surface area contributed by atoms with E-state index in [1.807, 2.05) is 66.7 Å². The molecule has 0 N–H and O–H groups in total. The number of aromatic nitrogens is 4. The van der Waals surface area contributed by atoms with Gasteiger partial charge in [-0.1, -0.05) is 140 Å². The van der Waals surface area contributed by atoms with E-state index in [0.29, 0.717) is 17.5 Å². The Morgan fingerprint density at radius 2 is 0.900 bits per heavy atom. The van der Waals surface area contributed by atoms with Crippen LogP contribution in [0.2, 0.25) is 0 Å². The quantitative estimate of drug-likeness (QED) is 0.192. The molecule has 1 spiro atoms.